The summed E-state index contributed by atoms with van der Waals surface area (Å²) in [7, 11) is 0. The molecule has 0 aromatic rings. The fourth-order valence-corrected chi connectivity index (χ4v) is 2.43. The van der Waals surface area contributed by atoms with Gasteiger partial charge >= 0.3 is 0 Å². The summed E-state index contributed by atoms with van der Waals surface area (Å²) in [5.74, 6) is 0.621. The first-order valence-corrected chi connectivity index (χ1v) is 5.27. The van der Waals surface area contributed by atoms with E-state index in [-0.39, 0.29) is 5.54 Å². The van der Waals surface area contributed by atoms with E-state index in [1.165, 1.54) is 19.3 Å². The lowest BCUT2D eigenvalue weighted by Crippen LogP contribution is -2.31. The van der Waals surface area contributed by atoms with Gasteiger partial charge in [0.1, 0.15) is 0 Å². The normalized spacial score (nSPS) is 21.2. The Morgan fingerprint density at radius 1 is 1.31 bits per heavy atom. The number of hydrogen-bond acceptors (Lipinski definition) is 2. The van der Waals surface area contributed by atoms with Crippen LogP contribution in [0.25, 0.3) is 0 Å². The molecule has 0 aromatic heterocycles. The summed E-state index contributed by atoms with van der Waals surface area (Å²) in [5.41, 5.74) is -0.0475. The molecule has 0 saturated heterocycles. The molecule has 0 aromatic carbocycles. The second kappa shape index (κ2) is 4.57. The molecule has 1 aliphatic carbocycles. The van der Waals surface area contributed by atoms with E-state index in [1.54, 1.807) is 6.08 Å². The minimum atomic E-state index is -0.0475. The van der Waals surface area contributed by atoms with Gasteiger partial charge < -0.3 is 0 Å². The molecule has 0 unspecified atom stereocenters. The molecule has 1 fully saturated rings. The molecule has 0 atom stereocenters. The van der Waals surface area contributed by atoms with Crippen LogP contribution in [0.3, 0.4) is 0 Å². The van der Waals surface area contributed by atoms with Gasteiger partial charge in [0.25, 0.3) is 0 Å². The summed E-state index contributed by atoms with van der Waals surface area (Å²) in [6.45, 7) is 4.38. The molecule has 1 rings (SSSR count). The highest BCUT2D eigenvalue weighted by molar-refractivity contribution is 5.35. The lowest BCUT2D eigenvalue weighted by atomic mass is 9.77. The monoisotopic (exact) mass is 181 g/mol. The maximum Gasteiger partial charge on any atom is 0.235 e. The summed E-state index contributed by atoms with van der Waals surface area (Å²) in [4.78, 5) is 14.4. The van der Waals surface area contributed by atoms with E-state index in [9.17, 15) is 4.79 Å². The number of isocyanates is 1. The molecule has 0 heterocycles. The molecule has 0 bridgehead atoms. The molecule has 0 spiro atoms. The summed E-state index contributed by atoms with van der Waals surface area (Å²) >= 11 is 0. The van der Waals surface area contributed by atoms with Crippen LogP contribution in [-0.2, 0) is 4.79 Å². The summed E-state index contributed by atoms with van der Waals surface area (Å²) in [6.07, 6.45) is 8.71. The number of hydrogen-bond donors (Lipinski definition) is 0. The van der Waals surface area contributed by atoms with E-state index in [0.29, 0.717) is 5.92 Å². The molecule has 2 nitrogen and oxygen atoms in total. The van der Waals surface area contributed by atoms with Crippen molar-refractivity contribution in [1.29, 1.82) is 0 Å². The van der Waals surface area contributed by atoms with Crippen molar-refractivity contribution in [2.24, 2.45) is 10.9 Å². The first-order valence-electron chi connectivity index (χ1n) is 5.27. The van der Waals surface area contributed by atoms with Gasteiger partial charge in [0, 0.05) is 0 Å². The van der Waals surface area contributed by atoms with E-state index in [1.807, 2.05) is 0 Å². The molecule has 0 amide bonds. The third-order valence-corrected chi connectivity index (χ3v) is 2.86. The third kappa shape index (κ3) is 2.96. The van der Waals surface area contributed by atoms with Crippen molar-refractivity contribution < 1.29 is 4.79 Å². The minimum absolute atomic E-state index is 0.0475. The molecule has 0 aliphatic heterocycles. The summed E-state index contributed by atoms with van der Waals surface area (Å²) in [5, 5.41) is 0. The quantitative estimate of drug-likeness (QED) is 0.486. The predicted molar refractivity (Wildman–Crippen MR) is 53.4 cm³/mol. The molecule has 1 aliphatic rings. The predicted octanol–water partition coefficient (Wildman–Crippen LogP) is 3.07. The Kier molecular flexibility index (Phi) is 3.68. The number of rotatable bonds is 3. The largest absolute Gasteiger partial charge is 0.235 e. The van der Waals surface area contributed by atoms with Crippen LogP contribution in [0, 0.1) is 5.92 Å². The van der Waals surface area contributed by atoms with Crippen molar-refractivity contribution in [1.82, 2.24) is 0 Å². The molecule has 1 saturated carbocycles. The average molecular weight is 181 g/mol. The molecule has 2 heteroatoms. The smallest absolute Gasteiger partial charge is 0.211 e. The maximum atomic E-state index is 10.4. The van der Waals surface area contributed by atoms with Crippen LogP contribution in [-0.4, -0.2) is 11.6 Å². The first kappa shape index (κ1) is 10.5. The fourth-order valence-electron chi connectivity index (χ4n) is 2.43. The topological polar surface area (TPSA) is 29.4 Å². The molecular weight excluding hydrogens is 162 g/mol. The molecular formula is C11H19NO. The molecule has 13 heavy (non-hydrogen) atoms. The second-order valence-electron chi connectivity index (χ2n) is 4.59. The SMILES string of the molecule is CC(C)CC1(N=C=O)CCCCC1. The zero-order chi connectivity index (χ0) is 9.73. The first-order chi connectivity index (χ1) is 6.18. The highest BCUT2D eigenvalue weighted by Gasteiger charge is 2.32. The van der Waals surface area contributed by atoms with Gasteiger partial charge in [-0.3, -0.25) is 0 Å². The van der Waals surface area contributed by atoms with Crippen molar-refractivity contribution in [3.63, 3.8) is 0 Å². The Labute approximate surface area is 80.4 Å². The molecule has 0 N–H and O–H groups in total. The van der Waals surface area contributed by atoms with Crippen LogP contribution < -0.4 is 0 Å². The van der Waals surface area contributed by atoms with Gasteiger partial charge in [0.2, 0.25) is 6.08 Å². The van der Waals surface area contributed by atoms with Gasteiger partial charge in [-0.25, -0.2) is 4.79 Å². The Balaban J connectivity index is 2.66. The van der Waals surface area contributed by atoms with Crippen LogP contribution in [0.1, 0.15) is 52.4 Å². The van der Waals surface area contributed by atoms with Crippen LogP contribution >= 0.6 is 0 Å². The van der Waals surface area contributed by atoms with Crippen molar-refractivity contribution in [3.05, 3.63) is 0 Å². The number of aliphatic imine (C=N–C) groups is 1. The van der Waals surface area contributed by atoms with Crippen LogP contribution in [0.4, 0.5) is 0 Å². The summed E-state index contributed by atoms with van der Waals surface area (Å²) in [6, 6.07) is 0. The van der Waals surface area contributed by atoms with E-state index in [2.05, 4.69) is 18.8 Å². The highest BCUT2D eigenvalue weighted by atomic mass is 16.1. The Morgan fingerprint density at radius 3 is 2.38 bits per heavy atom. The van der Waals surface area contributed by atoms with Crippen molar-refractivity contribution in [3.8, 4) is 0 Å². The van der Waals surface area contributed by atoms with E-state index in [0.717, 1.165) is 19.3 Å². The zero-order valence-corrected chi connectivity index (χ0v) is 8.68. The average Bonchev–Trinajstić information content (AvgIpc) is 2.04. The summed E-state index contributed by atoms with van der Waals surface area (Å²) < 4.78 is 0. The van der Waals surface area contributed by atoms with Gasteiger partial charge in [-0.05, 0) is 25.2 Å². The zero-order valence-electron chi connectivity index (χ0n) is 8.68. The standard InChI is InChI=1S/C11H19NO/c1-10(2)8-11(12-9-13)6-4-3-5-7-11/h10H,3-8H2,1-2H3. The van der Waals surface area contributed by atoms with E-state index < -0.39 is 0 Å². The Bertz CT molecular complexity index is 198. The third-order valence-electron chi connectivity index (χ3n) is 2.86. The lowest BCUT2D eigenvalue weighted by Gasteiger charge is -2.33. The van der Waals surface area contributed by atoms with Gasteiger partial charge in [0.05, 0.1) is 5.54 Å². The van der Waals surface area contributed by atoms with Crippen LogP contribution in [0.15, 0.2) is 4.99 Å². The maximum absolute atomic E-state index is 10.4. The van der Waals surface area contributed by atoms with Gasteiger partial charge in [-0.15, -0.1) is 0 Å². The van der Waals surface area contributed by atoms with Crippen LogP contribution in [0.2, 0.25) is 0 Å². The van der Waals surface area contributed by atoms with Gasteiger partial charge in [-0.2, -0.15) is 4.99 Å². The highest BCUT2D eigenvalue weighted by Crippen LogP contribution is 2.36. The van der Waals surface area contributed by atoms with E-state index >= 15 is 0 Å². The Morgan fingerprint density at radius 2 is 1.92 bits per heavy atom. The molecule has 0 radical (unpaired) electrons. The van der Waals surface area contributed by atoms with Gasteiger partial charge in [0.15, 0.2) is 0 Å². The number of carbonyl (C=O) groups excluding carboxylic acids is 1. The second-order valence-corrected chi connectivity index (χ2v) is 4.59. The van der Waals surface area contributed by atoms with Crippen molar-refractivity contribution in [2.45, 2.75) is 57.9 Å². The lowest BCUT2D eigenvalue weighted by molar-refractivity contribution is 0.252. The van der Waals surface area contributed by atoms with Crippen molar-refractivity contribution >= 4 is 6.08 Å². The van der Waals surface area contributed by atoms with Gasteiger partial charge in [-0.1, -0.05) is 33.1 Å². The minimum Gasteiger partial charge on any atom is -0.211 e. The number of nitrogens with zero attached hydrogens (tertiary/aromatic N) is 1. The van der Waals surface area contributed by atoms with Crippen LogP contribution in [0.5, 0.6) is 0 Å². The molecule has 74 valence electrons. The fraction of sp³-hybridized carbons (Fsp3) is 0.909. The van der Waals surface area contributed by atoms with Crippen molar-refractivity contribution in [2.75, 3.05) is 0 Å². The van der Waals surface area contributed by atoms with E-state index in [4.69, 9.17) is 0 Å². The Hall–Kier alpha value is -0.620.